The average Bonchev–Trinajstić information content (AvgIpc) is 2.29. The van der Waals surface area contributed by atoms with Gasteiger partial charge in [-0.15, -0.1) is 0 Å². The second-order valence-corrected chi connectivity index (χ2v) is 9.82. The third kappa shape index (κ3) is 5.12. The van der Waals surface area contributed by atoms with Gasteiger partial charge in [0.15, 0.2) is 9.84 Å². The zero-order chi connectivity index (χ0) is 16.4. The number of hydrogen-bond acceptors (Lipinski definition) is 5. The summed E-state index contributed by atoms with van der Waals surface area (Å²) >= 11 is 0. The molecule has 128 valence electrons. The molecule has 22 heavy (non-hydrogen) atoms. The highest BCUT2D eigenvalue weighted by molar-refractivity contribution is 7.91. The standard InChI is InChI=1S/C15H28N2O4S/c1-14(2,3)21-13(18)17-15(7-5-8-15)11-16-12-6-4-9-22(19,20)10-12/h12,16H,4-11H2,1-3H3,(H,17,18). The van der Waals surface area contributed by atoms with Crippen LogP contribution in [0.25, 0.3) is 0 Å². The lowest BCUT2D eigenvalue weighted by Crippen LogP contribution is -2.61. The molecule has 1 saturated heterocycles. The van der Waals surface area contributed by atoms with Crippen molar-refractivity contribution in [2.45, 2.75) is 70.1 Å². The Labute approximate surface area is 133 Å². The van der Waals surface area contributed by atoms with Crippen molar-refractivity contribution >= 4 is 15.9 Å². The molecule has 2 aliphatic rings. The molecule has 0 aromatic heterocycles. The Bertz CT molecular complexity index is 506. The summed E-state index contributed by atoms with van der Waals surface area (Å²) in [6, 6.07) is -0.00309. The molecule has 2 N–H and O–H groups in total. The third-order valence-corrected chi connectivity index (χ3v) is 6.09. The van der Waals surface area contributed by atoms with E-state index in [0.717, 1.165) is 25.7 Å². The maximum atomic E-state index is 12.0. The van der Waals surface area contributed by atoms with Gasteiger partial charge in [-0.05, 0) is 52.9 Å². The fourth-order valence-corrected chi connectivity index (χ4v) is 4.66. The van der Waals surface area contributed by atoms with Crippen LogP contribution in [0.1, 0.15) is 52.9 Å². The third-order valence-electron chi connectivity index (χ3n) is 4.27. The van der Waals surface area contributed by atoms with E-state index in [9.17, 15) is 13.2 Å². The predicted molar refractivity (Wildman–Crippen MR) is 85.6 cm³/mol. The normalized spacial score (nSPS) is 26.8. The number of nitrogens with one attached hydrogen (secondary N) is 2. The second-order valence-electron chi connectivity index (χ2n) is 7.60. The maximum absolute atomic E-state index is 12.0. The average molecular weight is 332 g/mol. The Morgan fingerprint density at radius 1 is 1.27 bits per heavy atom. The fraction of sp³-hybridized carbons (Fsp3) is 0.933. The topological polar surface area (TPSA) is 84.5 Å². The molecular weight excluding hydrogens is 304 g/mol. The zero-order valence-electron chi connectivity index (χ0n) is 13.8. The molecule has 1 atom stereocenters. The second kappa shape index (κ2) is 6.35. The van der Waals surface area contributed by atoms with E-state index in [1.165, 1.54) is 0 Å². The summed E-state index contributed by atoms with van der Waals surface area (Å²) in [7, 11) is -2.91. The van der Waals surface area contributed by atoms with Crippen LogP contribution in [-0.2, 0) is 14.6 Å². The number of rotatable bonds is 4. The van der Waals surface area contributed by atoms with Crippen LogP contribution >= 0.6 is 0 Å². The molecule has 0 spiro atoms. The van der Waals surface area contributed by atoms with Gasteiger partial charge < -0.3 is 15.4 Å². The molecular formula is C15H28N2O4S. The van der Waals surface area contributed by atoms with Crippen LogP contribution in [0.3, 0.4) is 0 Å². The highest BCUT2D eigenvalue weighted by Crippen LogP contribution is 2.32. The van der Waals surface area contributed by atoms with Crippen molar-refractivity contribution in [2.75, 3.05) is 18.1 Å². The largest absolute Gasteiger partial charge is 0.444 e. The number of alkyl carbamates (subject to hydrolysis) is 1. The summed E-state index contributed by atoms with van der Waals surface area (Å²) in [5.74, 6) is 0.502. The summed E-state index contributed by atoms with van der Waals surface area (Å²) in [5.41, 5.74) is -0.802. The number of carbonyl (C=O) groups is 1. The molecule has 0 aromatic carbocycles. The van der Waals surface area contributed by atoms with Gasteiger partial charge in [-0.2, -0.15) is 0 Å². The highest BCUT2D eigenvalue weighted by atomic mass is 32.2. The first-order valence-electron chi connectivity index (χ1n) is 8.04. The SMILES string of the molecule is CC(C)(C)OC(=O)NC1(CNC2CCCS(=O)(=O)C2)CCC1. The zero-order valence-corrected chi connectivity index (χ0v) is 14.6. The lowest BCUT2D eigenvalue weighted by molar-refractivity contribution is 0.0379. The Morgan fingerprint density at radius 3 is 2.45 bits per heavy atom. The molecule has 7 heteroatoms. The van der Waals surface area contributed by atoms with E-state index in [0.29, 0.717) is 18.7 Å². The quantitative estimate of drug-likeness (QED) is 0.817. The van der Waals surface area contributed by atoms with Crippen molar-refractivity contribution in [3.05, 3.63) is 0 Å². The number of sulfone groups is 1. The summed E-state index contributed by atoms with van der Waals surface area (Å²) in [6.07, 6.45) is 4.07. The minimum atomic E-state index is -2.91. The first-order chi connectivity index (χ1) is 10.1. The molecule has 1 heterocycles. The summed E-state index contributed by atoms with van der Waals surface area (Å²) in [6.45, 7) is 6.12. The van der Waals surface area contributed by atoms with Crippen LogP contribution in [0, 0.1) is 0 Å². The Kier molecular flexibility index (Phi) is 5.06. The molecule has 0 bridgehead atoms. The minimum absolute atomic E-state index is 0.00309. The number of carbonyl (C=O) groups excluding carboxylic acids is 1. The van der Waals surface area contributed by atoms with E-state index >= 15 is 0 Å². The number of amides is 1. The van der Waals surface area contributed by atoms with Crippen molar-refractivity contribution in [1.82, 2.24) is 10.6 Å². The summed E-state index contributed by atoms with van der Waals surface area (Å²) in [4.78, 5) is 12.0. The molecule has 1 aliphatic carbocycles. The Morgan fingerprint density at radius 2 is 1.95 bits per heavy atom. The van der Waals surface area contributed by atoms with Crippen molar-refractivity contribution in [2.24, 2.45) is 0 Å². The lowest BCUT2D eigenvalue weighted by atomic mass is 9.76. The Balaban J connectivity index is 1.85. The first-order valence-corrected chi connectivity index (χ1v) is 9.86. The molecule has 6 nitrogen and oxygen atoms in total. The van der Waals surface area contributed by atoms with E-state index in [-0.39, 0.29) is 17.3 Å². The van der Waals surface area contributed by atoms with E-state index in [4.69, 9.17) is 4.74 Å². The number of ether oxygens (including phenoxy) is 1. The van der Waals surface area contributed by atoms with Crippen molar-refractivity contribution in [1.29, 1.82) is 0 Å². The van der Waals surface area contributed by atoms with Gasteiger partial charge in [0.05, 0.1) is 17.0 Å². The van der Waals surface area contributed by atoms with E-state index in [1.54, 1.807) is 0 Å². The van der Waals surface area contributed by atoms with Gasteiger partial charge in [-0.25, -0.2) is 13.2 Å². The van der Waals surface area contributed by atoms with Gasteiger partial charge >= 0.3 is 6.09 Å². The molecule has 1 unspecified atom stereocenters. The van der Waals surface area contributed by atoms with Gasteiger partial charge in [0.1, 0.15) is 5.60 Å². The van der Waals surface area contributed by atoms with Crippen LogP contribution < -0.4 is 10.6 Å². The van der Waals surface area contributed by atoms with Crippen molar-refractivity contribution in [3.8, 4) is 0 Å². The van der Waals surface area contributed by atoms with Crippen molar-refractivity contribution < 1.29 is 17.9 Å². The maximum Gasteiger partial charge on any atom is 0.408 e. The number of hydrogen-bond donors (Lipinski definition) is 2. The summed E-state index contributed by atoms with van der Waals surface area (Å²) < 4.78 is 28.7. The van der Waals surface area contributed by atoms with E-state index in [1.807, 2.05) is 20.8 Å². The van der Waals surface area contributed by atoms with Gasteiger partial charge in [-0.3, -0.25) is 0 Å². The van der Waals surface area contributed by atoms with Crippen LogP contribution in [-0.4, -0.2) is 49.7 Å². The molecule has 0 radical (unpaired) electrons. The lowest BCUT2D eigenvalue weighted by Gasteiger charge is -2.43. The van der Waals surface area contributed by atoms with Crippen LogP contribution in [0.2, 0.25) is 0 Å². The van der Waals surface area contributed by atoms with E-state index in [2.05, 4.69) is 10.6 Å². The molecule has 2 fully saturated rings. The van der Waals surface area contributed by atoms with E-state index < -0.39 is 21.5 Å². The van der Waals surface area contributed by atoms with Gasteiger partial charge in [0.2, 0.25) is 0 Å². The molecule has 0 aromatic rings. The van der Waals surface area contributed by atoms with Crippen LogP contribution in [0.4, 0.5) is 4.79 Å². The van der Waals surface area contributed by atoms with Crippen molar-refractivity contribution in [3.63, 3.8) is 0 Å². The Hall–Kier alpha value is -0.820. The minimum Gasteiger partial charge on any atom is -0.444 e. The highest BCUT2D eigenvalue weighted by Gasteiger charge is 2.40. The monoisotopic (exact) mass is 332 g/mol. The summed E-state index contributed by atoms with van der Waals surface area (Å²) in [5, 5.41) is 6.31. The fourth-order valence-electron chi connectivity index (χ4n) is 2.99. The van der Waals surface area contributed by atoms with Crippen LogP contribution in [0.15, 0.2) is 0 Å². The predicted octanol–water partition coefficient (Wildman–Crippen LogP) is 1.60. The molecule has 1 saturated carbocycles. The molecule has 1 amide bonds. The van der Waals surface area contributed by atoms with Gasteiger partial charge in [0, 0.05) is 12.6 Å². The smallest absolute Gasteiger partial charge is 0.408 e. The van der Waals surface area contributed by atoms with Crippen LogP contribution in [0.5, 0.6) is 0 Å². The van der Waals surface area contributed by atoms with Gasteiger partial charge in [0.25, 0.3) is 0 Å². The molecule has 2 rings (SSSR count). The first kappa shape index (κ1) is 17.5. The van der Waals surface area contributed by atoms with Gasteiger partial charge in [-0.1, -0.05) is 0 Å². The molecule has 1 aliphatic heterocycles.